The summed E-state index contributed by atoms with van der Waals surface area (Å²) in [6.07, 6.45) is 4.54. The number of carbonyl (C=O) groups is 1. The second-order valence-corrected chi connectivity index (χ2v) is 6.85. The van der Waals surface area contributed by atoms with E-state index < -0.39 is 0 Å². The minimum absolute atomic E-state index is 0.106. The second-order valence-electron chi connectivity index (χ2n) is 6.00. The lowest BCUT2D eigenvalue weighted by Crippen LogP contribution is -2.34. The molecule has 2 nitrogen and oxygen atoms in total. The number of ketones is 1. The number of carbonyl (C=O) groups excluding carboxylic acids is 1. The van der Waals surface area contributed by atoms with Crippen molar-refractivity contribution >= 4 is 21.7 Å². The largest absolute Gasteiger partial charge is 0.497 e. The van der Waals surface area contributed by atoms with E-state index in [1.165, 1.54) is 6.42 Å². The predicted molar refractivity (Wildman–Crippen MR) is 80.8 cm³/mol. The van der Waals surface area contributed by atoms with Gasteiger partial charge in [-0.25, -0.2) is 0 Å². The Morgan fingerprint density at radius 3 is 2.68 bits per heavy atom. The first-order chi connectivity index (χ1) is 8.95. The highest BCUT2D eigenvalue weighted by Crippen LogP contribution is 2.43. The van der Waals surface area contributed by atoms with Crippen LogP contribution in [0.2, 0.25) is 0 Å². The number of hydrogen-bond acceptors (Lipinski definition) is 2. The van der Waals surface area contributed by atoms with E-state index in [0.29, 0.717) is 0 Å². The zero-order chi connectivity index (χ0) is 14.0. The molecule has 0 radical (unpaired) electrons. The van der Waals surface area contributed by atoms with Crippen LogP contribution in [0.1, 0.15) is 49.9 Å². The minimum atomic E-state index is 0.106. The van der Waals surface area contributed by atoms with Crippen LogP contribution in [0.5, 0.6) is 5.75 Å². The first-order valence-corrected chi connectivity index (χ1v) is 7.63. The van der Waals surface area contributed by atoms with Crippen molar-refractivity contribution in [2.75, 3.05) is 7.11 Å². The summed E-state index contributed by atoms with van der Waals surface area (Å²) in [6.45, 7) is 4.43. The first-order valence-electron chi connectivity index (χ1n) is 6.83. The van der Waals surface area contributed by atoms with E-state index >= 15 is 0 Å². The van der Waals surface area contributed by atoms with Crippen molar-refractivity contribution in [3.63, 3.8) is 0 Å². The molecular formula is C16H21BrO2. The average Bonchev–Trinajstić information content (AvgIpc) is 2.37. The summed E-state index contributed by atoms with van der Waals surface area (Å²) < 4.78 is 6.01. The molecule has 1 aliphatic carbocycles. The van der Waals surface area contributed by atoms with Crippen LogP contribution in [-0.2, 0) is 0 Å². The molecule has 0 N–H and O–H groups in total. The average molecular weight is 325 g/mol. The summed E-state index contributed by atoms with van der Waals surface area (Å²) in [5, 5.41) is 0. The Morgan fingerprint density at radius 1 is 1.37 bits per heavy atom. The fourth-order valence-corrected chi connectivity index (χ4v) is 3.54. The van der Waals surface area contributed by atoms with Gasteiger partial charge in [0, 0.05) is 16.0 Å². The molecule has 1 aromatic rings. The van der Waals surface area contributed by atoms with E-state index in [1.807, 2.05) is 18.2 Å². The van der Waals surface area contributed by atoms with E-state index in [9.17, 15) is 4.79 Å². The fraction of sp³-hybridized carbons (Fsp3) is 0.562. The summed E-state index contributed by atoms with van der Waals surface area (Å²) in [5.74, 6) is 1.16. The maximum Gasteiger partial charge on any atom is 0.167 e. The van der Waals surface area contributed by atoms with Crippen LogP contribution in [0.25, 0.3) is 0 Å². The summed E-state index contributed by atoms with van der Waals surface area (Å²) >= 11 is 3.49. The van der Waals surface area contributed by atoms with Gasteiger partial charge in [0.25, 0.3) is 0 Å². The molecule has 0 amide bonds. The van der Waals surface area contributed by atoms with Crippen molar-refractivity contribution in [2.24, 2.45) is 11.3 Å². The predicted octanol–water partition coefficient (Wildman–Crippen LogP) is 4.86. The summed E-state index contributed by atoms with van der Waals surface area (Å²) in [7, 11) is 1.63. The van der Waals surface area contributed by atoms with Gasteiger partial charge in [-0.15, -0.1) is 0 Å². The van der Waals surface area contributed by atoms with Crippen LogP contribution < -0.4 is 4.74 Å². The van der Waals surface area contributed by atoms with Crippen LogP contribution in [0, 0.1) is 11.3 Å². The summed E-state index contributed by atoms with van der Waals surface area (Å²) in [4.78, 5) is 12.8. The lowest BCUT2D eigenvalue weighted by atomic mass is 9.66. The highest BCUT2D eigenvalue weighted by molar-refractivity contribution is 9.10. The van der Waals surface area contributed by atoms with Crippen molar-refractivity contribution in [2.45, 2.75) is 39.5 Å². The Balaban J connectivity index is 2.28. The van der Waals surface area contributed by atoms with E-state index in [2.05, 4.69) is 29.8 Å². The molecule has 1 aromatic carbocycles. The Labute approximate surface area is 123 Å². The zero-order valence-electron chi connectivity index (χ0n) is 11.8. The van der Waals surface area contributed by atoms with Gasteiger partial charge in [0.2, 0.25) is 0 Å². The molecule has 1 saturated carbocycles. The first kappa shape index (κ1) is 14.6. The molecule has 1 unspecified atom stereocenters. The Morgan fingerprint density at radius 2 is 2.11 bits per heavy atom. The Hall–Kier alpha value is -0.830. The van der Waals surface area contributed by atoms with E-state index in [1.54, 1.807) is 7.11 Å². The minimum Gasteiger partial charge on any atom is -0.497 e. The Bertz CT molecular complexity index is 480. The van der Waals surface area contributed by atoms with Gasteiger partial charge in [-0.05, 0) is 52.4 Å². The highest BCUT2D eigenvalue weighted by Gasteiger charge is 2.37. The van der Waals surface area contributed by atoms with Crippen molar-refractivity contribution < 1.29 is 9.53 Å². The van der Waals surface area contributed by atoms with Crippen molar-refractivity contribution in [1.82, 2.24) is 0 Å². The molecule has 104 valence electrons. The van der Waals surface area contributed by atoms with Gasteiger partial charge < -0.3 is 4.74 Å². The smallest absolute Gasteiger partial charge is 0.167 e. The van der Waals surface area contributed by atoms with Gasteiger partial charge in [0.1, 0.15) is 5.75 Å². The third-order valence-corrected chi connectivity index (χ3v) is 4.92. The zero-order valence-corrected chi connectivity index (χ0v) is 13.4. The van der Waals surface area contributed by atoms with Crippen molar-refractivity contribution in [1.29, 1.82) is 0 Å². The number of hydrogen-bond donors (Lipinski definition) is 0. The Kier molecular flexibility index (Phi) is 4.34. The van der Waals surface area contributed by atoms with Gasteiger partial charge >= 0.3 is 0 Å². The van der Waals surface area contributed by atoms with Gasteiger partial charge in [-0.3, -0.25) is 4.79 Å². The van der Waals surface area contributed by atoms with Gasteiger partial charge in [0.05, 0.1) is 7.11 Å². The molecule has 3 heteroatoms. The molecule has 1 atom stereocenters. The molecular weight excluding hydrogens is 304 g/mol. The molecule has 0 aliphatic heterocycles. The fourth-order valence-electron chi connectivity index (χ4n) is 2.99. The molecule has 0 bridgehead atoms. The molecule has 19 heavy (non-hydrogen) atoms. The third-order valence-electron chi connectivity index (χ3n) is 4.27. The number of Topliss-reactive ketones (excluding diaryl/α,β-unsaturated/α-hetero) is 1. The molecule has 0 spiro atoms. The lowest BCUT2D eigenvalue weighted by molar-refractivity contribution is 0.0696. The molecule has 2 rings (SSSR count). The topological polar surface area (TPSA) is 26.3 Å². The SMILES string of the molecule is COc1ccc(C(=O)C2CCCCC2(C)C)c(Br)c1. The van der Waals surface area contributed by atoms with Crippen molar-refractivity contribution in [3.8, 4) is 5.75 Å². The molecule has 1 aliphatic rings. The van der Waals surface area contributed by atoms with Crippen LogP contribution in [-0.4, -0.2) is 12.9 Å². The number of ether oxygens (including phenoxy) is 1. The molecule has 0 saturated heterocycles. The number of rotatable bonds is 3. The van der Waals surface area contributed by atoms with Crippen LogP contribution in [0.4, 0.5) is 0 Å². The number of benzene rings is 1. The molecule has 0 aromatic heterocycles. The summed E-state index contributed by atoms with van der Waals surface area (Å²) in [6, 6.07) is 5.59. The van der Waals surface area contributed by atoms with E-state index in [4.69, 9.17) is 4.74 Å². The maximum atomic E-state index is 12.8. The standard InChI is InChI=1S/C16H21BrO2/c1-16(2)9-5-4-6-13(16)15(18)12-8-7-11(19-3)10-14(12)17/h7-8,10,13H,4-6,9H2,1-3H3. The number of methoxy groups -OCH3 is 1. The summed E-state index contributed by atoms with van der Waals surface area (Å²) in [5.41, 5.74) is 0.884. The number of halogens is 1. The van der Waals surface area contributed by atoms with Crippen LogP contribution in [0.15, 0.2) is 22.7 Å². The third kappa shape index (κ3) is 3.02. The highest BCUT2D eigenvalue weighted by atomic mass is 79.9. The van der Waals surface area contributed by atoms with Gasteiger partial charge in [0.15, 0.2) is 5.78 Å². The van der Waals surface area contributed by atoms with Crippen LogP contribution in [0.3, 0.4) is 0 Å². The normalized spacial score (nSPS) is 22.0. The van der Waals surface area contributed by atoms with Crippen LogP contribution >= 0.6 is 15.9 Å². The van der Waals surface area contributed by atoms with Gasteiger partial charge in [-0.1, -0.05) is 26.7 Å². The molecule has 0 heterocycles. The maximum absolute atomic E-state index is 12.8. The molecule has 1 fully saturated rings. The van der Waals surface area contributed by atoms with E-state index in [-0.39, 0.29) is 17.1 Å². The van der Waals surface area contributed by atoms with E-state index in [0.717, 1.165) is 35.0 Å². The monoisotopic (exact) mass is 324 g/mol. The quantitative estimate of drug-likeness (QED) is 0.742. The lowest BCUT2D eigenvalue weighted by Gasteiger charge is -2.37. The van der Waals surface area contributed by atoms with Gasteiger partial charge in [-0.2, -0.15) is 0 Å². The van der Waals surface area contributed by atoms with Crippen molar-refractivity contribution in [3.05, 3.63) is 28.2 Å². The second kappa shape index (κ2) is 5.66.